The third-order valence-electron chi connectivity index (χ3n) is 10.5. The van der Waals surface area contributed by atoms with E-state index in [2.05, 4.69) is 9.97 Å². The molecule has 0 atom stereocenters. The van der Waals surface area contributed by atoms with Crippen LogP contribution in [-0.2, 0) is 40.5 Å². The minimum atomic E-state index is -4.81. The van der Waals surface area contributed by atoms with Gasteiger partial charge >= 0.3 is 118 Å². The van der Waals surface area contributed by atoms with Gasteiger partial charge in [0, 0.05) is 56.1 Å². The number of hydrogen-bond acceptors (Lipinski definition) is 14. The number of nitrogens with one attached hydrogen (secondary N) is 2. The van der Waals surface area contributed by atoms with Gasteiger partial charge in [0.15, 0.2) is 0 Å². The number of aromatic amines is 2. The zero-order valence-electron chi connectivity index (χ0n) is 36.3. The summed E-state index contributed by atoms with van der Waals surface area (Å²) >= 11 is 0. The van der Waals surface area contributed by atoms with Crippen molar-refractivity contribution in [2.24, 2.45) is 4.99 Å². The Morgan fingerprint density at radius 3 is 0.971 bits per heavy atom. The van der Waals surface area contributed by atoms with Crippen LogP contribution in [0.25, 0.3) is 78.7 Å². The molecule has 16 nitrogen and oxygen atoms in total. The van der Waals surface area contributed by atoms with E-state index < -0.39 is 60.1 Å². The zero-order chi connectivity index (χ0) is 45.3. The Morgan fingerprint density at radius 2 is 0.647 bits per heavy atom. The molecule has 0 spiro atoms. The van der Waals surface area contributed by atoms with E-state index in [1.165, 1.54) is 97.1 Å². The first-order valence-electron chi connectivity index (χ1n) is 18.6. The van der Waals surface area contributed by atoms with Crippen molar-refractivity contribution < 1.29 is 170 Å². The third kappa shape index (κ3) is 11.6. The van der Waals surface area contributed by atoms with E-state index >= 15 is 0 Å². The van der Waals surface area contributed by atoms with Crippen LogP contribution in [0.15, 0.2) is 152 Å². The first-order valence-corrected chi connectivity index (χ1v) is 24.3. The standard InChI is InChI=1S/C44H30N4O12S4.4Na/c49-61(50,51)30-9-1-25(2-10-30)41-29-23-40(45-24-29)44(28-7-15-33(16-8-28)64(58,59)60)39-22-21-38(48-39)43(27-5-13-32(14-6-27)63(55,56)57)37-20-19-36(47-37)42(35-18-17-34(41)46-35)26-3-11-31(12-4-26)62(52,53)54;;;;/h1-24,46,48H,(H,49,50,51)(H,52,53,54)(H,55,56,57)(H,58,59,60);;;;/q;4*+1/p-4. The van der Waals surface area contributed by atoms with Gasteiger partial charge in [-0.15, -0.1) is 0 Å². The van der Waals surface area contributed by atoms with Crippen molar-refractivity contribution in [3.63, 3.8) is 0 Å². The molecule has 3 aromatic heterocycles. The third-order valence-corrected chi connectivity index (χ3v) is 13.9. The molecular weight excluding hydrogens is 997 g/mol. The Labute approximate surface area is 478 Å². The monoisotopic (exact) mass is 1020 g/mol. The van der Waals surface area contributed by atoms with Crippen molar-refractivity contribution >= 4 is 86.6 Å². The second-order valence-corrected chi connectivity index (χ2v) is 20.0. The average Bonchev–Trinajstić information content (AvgIpc) is 4.08. The molecule has 4 aromatic carbocycles. The quantitative estimate of drug-likeness (QED) is 0.107. The van der Waals surface area contributed by atoms with Crippen molar-refractivity contribution in [3.05, 3.63) is 144 Å². The molecular formula is C44H26N4Na4O12S4. The van der Waals surface area contributed by atoms with Gasteiger partial charge in [-0.2, -0.15) is 0 Å². The predicted molar refractivity (Wildman–Crippen MR) is 233 cm³/mol. The molecule has 24 heteroatoms. The molecule has 0 aliphatic carbocycles. The summed E-state index contributed by atoms with van der Waals surface area (Å²) in [5.74, 6) is 0. The number of nitrogens with zero attached hydrogens (tertiary/aromatic N) is 2. The molecule has 0 amide bonds. The average molecular weight is 1020 g/mol. The zero-order valence-corrected chi connectivity index (χ0v) is 47.5. The molecule has 2 aliphatic rings. The van der Waals surface area contributed by atoms with Gasteiger partial charge in [-0.1, -0.05) is 48.5 Å². The Balaban J connectivity index is 0.00000216. The van der Waals surface area contributed by atoms with E-state index in [9.17, 15) is 51.9 Å². The van der Waals surface area contributed by atoms with E-state index in [0.29, 0.717) is 89.2 Å². The van der Waals surface area contributed by atoms with Crippen LogP contribution in [0.1, 0.15) is 17.0 Å². The van der Waals surface area contributed by atoms with Crippen molar-refractivity contribution in [2.75, 3.05) is 0 Å². The molecule has 8 bridgehead atoms. The Hall–Kier alpha value is -2.88. The molecule has 0 saturated heterocycles. The fourth-order valence-corrected chi connectivity index (χ4v) is 9.48. The Bertz CT molecular complexity index is 3320. The van der Waals surface area contributed by atoms with Gasteiger partial charge in [0.1, 0.15) is 40.5 Å². The molecule has 68 heavy (non-hydrogen) atoms. The number of rotatable bonds is 8. The van der Waals surface area contributed by atoms with Crippen molar-refractivity contribution in [2.45, 2.75) is 19.6 Å². The van der Waals surface area contributed by atoms with E-state index in [1.54, 1.807) is 48.7 Å². The van der Waals surface area contributed by atoms with E-state index in [-0.39, 0.29) is 118 Å². The van der Waals surface area contributed by atoms with Gasteiger partial charge in [0.2, 0.25) is 0 Å². The van der Waals surface area contributed by atoms with Crippen LogP contribution in [0, 0.1) is 0 Å². The maximum absolute atomic E-state index is 11.9. The minimum absolute atomic E-state index is 0. The van der Waals surface area contributed by atoms with Crippen molar-refractivity contribution in [1.82, 2.24) is 15.0 Å². The van der Waals surface area contributed by atoms with Gasteiger partial charge in [-0.25, -0.2) is 38.7 Å². The summed E-state index contributed by atoms with van der Waals surface area (Å²) in [5, 5.41) is 0. The van der Waals surface area contributed by atoms with Crippen LogP contribution in [-0.4, -0.2) is 73.0 Å². The van der Waals surface area contributed by atoms with Crippen molar-refractivity contribution in [3.8, 4) is 44.5 Å². The summed E-state index contributed by atoms with van der Waals surface area (Å²) in [6, 6.07) is 29.6. The maximum Gasteiger partial charge on any atom is 1.00 e. The Kier molecular flexibility index (Phi) is 17.7. The van der Waals surface area contributed by atoms with Gasteiger partial charge < -0.3 is 28.2 Å². The van der Waals surface area contributed by atoms with E-state index in [4.69, 9.17) is 9.98 Å². The van der Waals surface area contributed by atoms with Gasteiger partial charge in [-0.3, -0.25) is 4.99 Å². The predicted octanol–water partition coefficient (Wildman–Crippen LogP) is -4.86. The van der Waals surface area contributed by atoms with E-state index in [0.717, 1.165) is 0 Å². The van der Waals surface area contributed by atoms with Crippen LogP contribution in [0.4, 0.5) is 5.69 Å². The number of benzene rings is 4. The van der Waals surface area contributed by atoms with Crippen molar-refractivity contribution in [1.29, 1.82) is 0 Å². The first-order chi connectivity index (χ1) is 30.2. The number of H-pyrrole nitrogens is 2. The molecule has 2 aliphatic heterocycles. The molecule has 0 radical (unpaired) electrons. The van der Waals surface area contributed by atoms with Gasteiger partial charge in [0.05, 0.1) is 36.7 Å². The summed E-state index contributed by atoms with van der Waals surface area (Å²) in [7, 11) is -19.2. The fourth-order valence-electron chi connectivity index (χ4n) is 7.60. The Morgan fingerprint density at radius 1 is 0.368 bits per heavy atom. The van der Waals surface area contributed by atoms with Gasteiger partial charge in [-0.05, 0) is 113 Å². The summed E-state index contributed by atoms with van der Waals surface area (Å²) in [6.07, 6.45) is 4.95. The molecule has 0 fully saturated rings. The van der Waals surface area contributed by atoms with E-state index in [1.807, 2.05) is 0 Å². The molecule has 0 unspecified atom stereocenters. The maximum atomic E-state index is 11.9. The smallest absolute Gasteiger partial charge is 0.744 e. The summed E-state index contributed by atoms with van der Waals surface area (Å²) in [4.78, 5) is 14.8. The van der Waals surface area contributed by atoms with Gasteiger partial charge in [0.25, 0.3) is 0 Å². The van der Waals surface area contributed by atoms with Crippen LogP contribution in [0.2, 0.25) is 0 Å². The van der Waals surface area contributed by atoms with Crippen LogP contribution >= 0.6 is 0 Å². The summed E-state index contributed by atoms with van der Waals surface area (Å²) in [6.45, 7) is 0. The topological polar surface area (TPSA) is 286 Å². The second-order valence-electron chi connectivity index (χ2n) is 14.4. The second kappa shape index (κ2) is 21.5. The molecule has 7 aromatic rings. The largest absolute Gasteiger partial charge is 1.00 e. The van der Waals surface area contributed by atoms with Crippen LogP contribution in [0.3, 0.4) is 0 Å². The molecule has 0 saturated carbocycles. The van der Waals surface area contributed by atoms with Crippen LogP contribution in [0.5, 0.6) is 0 Å². The molecule has 9 rings (SSSR count). The first kappa shape index (κ1) is 56.0. The molecule has 322 valence electrons. The fraction of sp³-hybridized carbons (Fsp3) is 0. The number of aliphatic imine (C=N–C) groups is 1. The SMILES string of the molecule is O=S(=O)([O-])c1ccc(-c2c3cc(c(-c4ccc(S(=O)(=O)[O-])cc4)c4ccc([nH]4)c(-c4ccc(S(=O)(=O)[O-])cc4)c4nc(c(-c5ccc(S(=O)(=O)[O-])cc5)c5ccc2[nH]5)C=C4)N=C3)cc1.[Na+].[Na+].[Na+].[Na+]. The summed E-state index contributed by atoms with van der Waals surface area (Å²) in [5.41, 5.74) is 7.01. The number of aromatic nitrogens is 3. The molecule has 2 N–H and O–H groups in total. The number of hydrogen-bond donors (Lipinski definition) is 2. The minimum Gasteiger partial charge on any atom is -0.744 e. The normalized spacial score (nSPS) is 12.3. The molecule has 5 heterocycles. The number of fused-ring (bicyclic) bond motifs is 8. The summed E-state index contributed by atoms with van der Waals surface area (Å²) < 4.78 is 143. The van der Waals surface area contributed by atoms with Crippen LogP contribution < -0.4 is 118 Å².